The van der Waals surface area contributed by atoms with Crippen LogP contribution in [0.25, 0.3) is 6.08 Å². The van der Waals surface area contributed by atoms with Gasteiger partial charge in [-0.05, 0) is 23.8 Å². The molecule has 0 unspecified atom stereocenters. The van der Waals surface area contributed by atoms with Crippen LogP contribution in [-0.4, -0.2) is 87.4 Å². The molecule has 0 spiro atoms. The minimum absolute atomic E-state index is 0.0267. The van der Waals surface area contributed by atoms with Gasteiger partial charge in [0.25, 0.3) is 0 Å². The smallest absolute Gasteiger partial charge is 0.216 e. The first-order valence-electron chi connectivity index (χ1n) is 7.68. The summed E-state index contributed by atoms with van der Waals surface area (Å²) in [5.74, 6) is -3.03. The molecule has 0 saturated heterocycles. The quantitative estimate of drug-likeness (QED) is 0.195. The van der Waals surface area contributed by atoms with Crippen LogP contribution in [0, 0.1) is 0 Å². The number of phenols is 1. The number of rotatable bonds is 10. The molecule has 1 aromatic carbocycles. The predicted molar refractivity (Wildman–Crippen MR) is 91.4 cm³/mol. The van der Waals surface area contributed by atoms with E-state index < -0.39 is 42.6 Å². The van der Waals surface area contributed by atoms with Crippen LogP contribution in [0.3, 0.4) is 0 Å². The monoisotopic (exact) mass is 386 g/mol. The number of benzene rings is 1. The molecule has 1 rings (SSSR count). The highest BCUT2D eigenvalue weighted by atomic mass is 16.5. The first-order valence-corrected chi connectivity index (χ1v) is 7.68. The second-order valence-corrected chi connectivity index (χ2v) is 5.51. The molecule has 0 aliphatic heterocycles. The number of aromatic hydroxyl groups is 1. The minimum atomic E-state index is -3.17. The molecule has 0 aromatic heterocycles. The Morgan fingerprint density at radius 3 is 2.07 bits per heavy atom. The molecule has 0 saturated carbocycles. The van der Waals surface area contributed by atoms with E-state index in [1.165, 1.54) is 26.4 Å². The lowest BCUT2D eigenvalue weighted by Crippen LogP contribution is -2.61. The molecule has 6 N–H and O–H groups in total. The molecule has 0 aliphatic carbocycles. The van der Waals surface area contributed by atoms with Crippen LogP contribution in [0.15, 0.2) is 18.2 Å². The maximum Gasteiger partial charge on any atom is 0.216 e. The van der Waals surface area contributed by atoms with Gasteiger partial charge in [-0.25, -0.2) is 0 Å². The van der Waals surface area contributed by atoms with E-state index in [9.17, 15) is 30.0 Å². The molecular formula is C17H22O10. The molecule has 0 aliphatic rings. The minimum Gasteiger partial charge on any atom is -0.502 e. The Kier molecular flexibility index (Phi) is 7.88. The van der Waals surface area contributed by atoms with Crippen molar-refractivity contribution in [3.05, 3.63) is 23.8 Å². The van der Waals surface area contributed by atoms with E-state index >= 15 is 0 Å². The zero-order valence-electron chi connectivity index (χ0n) is 14.7. The fraction of sp³-hybridized carbons (Fsp3) is 0.412. The van der Waals surface area contributed by atoms with Crippen molar-refractivity contribution in [1.82, 2.24) is 0 Å². The Balaban J connectivity index is 3.28. The molecule has 10 nitrogen and oxygen atoms in total. The Morgan fingerprint density at radius 2 is 1.67 bits per heavy atom. The number of ether oxygens (including phenoxy) is 2. The molecule has 0 amide bonds. The van der Waals surface area contributed by atoms with Crippen molar-refractivity contribution >= 4 is 17.6 Å². The lowest BCUT2D eigenvalue weighted by atomic mass is 9.84. The first kappa shape index (κ1) is 22.5. The lowest BCUT2D eigenvalue weighted by Gasteiger charge is -2.30. The number of carbonyl (C=O) groups is 2. The van der Waals surface area contributed by atoms with Crippen LogP contribution in [0.1, 0.15) is 5.56 Å². The number of phenolic OH excluding ortho intramolecular Hbond substituents is 1. The Morgan fingerprint density at radius 1 is 1.15 bits per heavy atom. The molecule has 150 valence electrons. The molecule has 1 aromatic rings. The second kappa shape index (κ2) is 9.44. The molecule has 0 fully saturated rings. The van der Waals surface area contributed by atoms with E-state index in [1.54, 1.807) is 0 Å². The van der Waals surface area contributed by atoms with Gasteiger partial charge in [-0.15, -0.1) is 0 Å². The first-order chi connectivity index (χ1) is 12.7. The van der Waals surface area contributed by atoms with Crippen molar-refractivity contribution in [2.75, 3.05) is 27.4 Å². The van der Waals surface area contributed by atoms with Crippen LogP contribution in [-0.2, 0) is 9.59 Å². The van der Waals surface area contributed by atoms with Gasteiger partial charge in [0.2, 0.25) is 11.4 Å². The summed E-state index contributed by atoms with van der Waals surface area (Å²) in [6.45, 7) is -2.32. The number of aliphatic hydroxyl groups excluding tert-OH is 4. The van der Waals surface area contributed by atoms with Crippen molar-refractivity contribution in [3.8, 4) is 17.2 Å². The standard InChI is InChI=1S/C17H22O10/c1-26-11-5-9(6-12(27-2)15(11)23)3-4-13(21)17(25,14(22)8-19)16(24)10(20)7-18/h3-6,10,16,18-20,23-25H,7-8H2,1-2H3/b4-3+/t10-,16-,17-/m1/s1. The SMILES string of the molecule is COc1cc(/C=C/C(=O)[C@@](O)(C(=O)CO)[C@H](O)[C@H](O)CO)cc(OC)c1O. The maximum atomic E-state index is 12.3. The summed E-state index contributed by atoms with van der Waals surface area (Å²) in [5.41, 5.74) is -2.90. The van der Waals surface area contributed by atoms with Crippen molar-refractivity contribution in [1.29, 1.82) is 0 Å². The van der Waals surface area contributed by atoms with E-state index in [1.807, 2.05) is 0 Å². The second-order valence-electron chi connectivity index (χ2n) is 5.51. The van der Waals surface area contributed by atoms with Crippen LogP contribution < -0.4 is 9.47 Å². The third kappa shape index (κ3) is 4.62. The van der Waals surface area contributed by atoms with Gasteiger partial charge in [-0.3, -0.25) is 9.59 Å². The average Bonchev–Trinajstić information content (AvgIpc) is 2.69. The van der Waals surface area contributed by atoms with Gasteiger partial charge in [-0.1, -0.05) is 6.08 Å². The highest BCUT2D eigenvalue weighted by molar-refractivity contribution is 6.16. The zero-order chi connectivity index (χ0) is 20.8. The predicted octanol–water partition coefficient (Wildman–Crippen LogP) is -2.00. The molecule has 3 atom stereocenters. The van der Waals surface area contributed by atoms with E-state index in [-0.39, 0.29) is 22.8 Å². The molecule has 0 bridgehead atoms. The summed E-state index contributed by atoms with van der Waals surface area (Å²) >= 11 is 0. The zero-order valence-corrected chi connectivity index (χ0v) is 14.7. The van der Waals surface area contributed by atoms with E-state index in [0.717, 1.165) is 12.2 Å². The van der Waals surface area contributed by atoms with Crippen molar-refractivity contribution in [3.63, 3.8) is 0 Å². The molecule has 10 heteroatoms. The average molecular weight is 386 g/mol. The van der Waals surface area contributed by atoms with Crippen molar-refractivity contribution < 1.29 is 49.7 Å². The van der Waals surface area contributed by atoms with Gasteiger partial charge < -0.3 is 40.1 Å². The van der Waals surface area contributed by atoms with E-state index in [4.69, 9.17) is 19.7 Å². The Bertz CT molecular complexity index is 689. The van der Waals surface area contributed by atoms with Gasteiger partial charge in [-0.2, -0.15) is 0 Å². The molecule has 27 heavy (non-hydrogen) atoms. The van der Waals surface area contributed by atoms with Gasteiger partial charge in [0.15, 0.2) is 23.1 Å². The summed E-state index contributed by atoms with van der Waals surface area (Å²) in [5, 5.41) is 57.4. The lowest BCUT2D eigenvalue weighted by molar-refractivity contribution is -0.173. The Labute approximate surface area is 154 Å². The van der Waals surface area contributed by atoms with Crippen LogP contribution in [0.4, 0.5) is 0 Å². The normalized spacial score (nSPS) is 15.8. The summed E-state index contributed by atoms with van der Waals surface area (Å²) in [4.78, 5) is 24.2. The summed E-state index contributed by atoms with van der Waals surface area (Å²) < 4.78 is 9.91. The molecular weight excluding hydrogens is 364 g/mol. The number of methoxy groups -OCH3 is 2. The summed E-state index contributed by atoms with van der Waals surface area (Å²) in [7, 11) is 2.58. The van der Waals surface area contributed by atoms with Crippen LogP contribution in [0.2, 0.25) is 0 Å². The summed E-state index contributed by atoms with van der Waals surface area (Å²) in [6.07, 6.45) is -2.52. The molecule has 0 radical (unpaired) electrons. The Hall–Kier alpha value is -2.50. The third-order valence-corrected chi connectivity index (χ3v) is 3.85. The van der Waals surface area contributed by atoms with Crippen molar-refractivity contribution in [2.45, 2.75) is 17.8 Å². The van der Waals surface area contributed by atoms with E-state index in [2.05, 4.69) is 0 Å². The van der Waals surface area contributed by atoms with Gasteiger partial charge in [0.1, 0.15) is 18.8 Å². The highest BCUT2D eigenvalue weighted by Gasteiger charge is 2.50. The fourth-order valence-electron chi connectivity index (χ4n) is 2.26. The van der Waals surface area contributed by atoms with Gasteiger partial charge in [0.05, 0.1) is 20.8 Å². The maximum absolute atomic E-state index is 12.3. The molecule has 0 heterocycles. The van der Waals surface area contributed by atoms with Crippen LogP contribution in [0.5, 0.6) is 17.2 Å². The highest BCUT2D eigenvalue weighted by Crippen LogP contribution is 2.37. The number of ketones is 2. The largest absolute Gasteiger partial charge is 0.502 e. The van der Waals surface area contributed by atoms with Gasteiger partial charge in [0, 0.05) is 0 Å². The number of hydrogen-bond donors (Lipinski definition) is 6. The van der Waals surface area contributed by atoms with Gasteiger partial charge >= 0.3 is 0 Å². The third-order valence-electron chi connectivity index (χ3n) is 3.85. The number of hydrogen-bond acceptors (Lipinski definition) is 10. The number of Topliss-reactive ketones (excluding diaryl/α,β-unsaturated/α-hetero) is 1. The van der Waals surface area contributed by atoms with Crippen molar-refractivity contribution in [2.24, 2.45) is 0 Å². The van der Waals surface area contributed by atoms with E-state index in [0.29, 0.717) is 0 Å². The fourth-order valence-corrected chi connectivity index (χ4v) is 2.26. The number of carbonyl (C=O) groups excluding carboxylic acids is 2. The summed E-state index contributed by atoms with van der Waals surface area (Å²) in [6, 6.07) is 2.65. The number of aliphatic hydroxyl groups is 5. The van der Waals surface area contributed by atoms with Crippen LogP contribution >= 0.6 is 0 Å². The topological polar surface area (TPSA) is 174 Å².